The number of nitro benzene ring substituents is 1. The van der Waals surface area contributed by atoms with Gasteiger partial charge in [0, 0.05) is 18.2 Å². The van der Waals surface area contributed by atoms with Crippen LogP contribution in [0.1, 0.15) is 23.2 Å². The molecule has 106 valence electrons. The molecular weight excluding hydrogens is 272 g/mol. The molecule has 0 aliphatic rings. The van der Waals surface area contributed by atoms with E-state index in [9.17, 15) is 14.9 Å². The van der Waals surface area contributed by atoms with E-state index in [4.69, 9.17) is 11.5 Å². The van der Waals surface area contributed by atoms with Gasteiger partial charge in [-0.3, -0.25) is 14.9 Å². The van der Waals surface area contributed by atoms with E-state index >= 15 is 0 Å². The molecular formula is C11H17ClN4O3. The average Bonchev–Trinajstić information content (AvgIpc) is 2.34. The maximum Gasteiger partial charge on any atom is 0.292 e. The number of carbonyl (C=O) groups is 1. The van der Waals surface area contributed by atoms with Crippen molar-refractivity contribution in [2.24, 2.45) is 5.73 Å². The maximum absolute atomic E-state index is 11.7. The first-order chi connectivity index (χ1) is 8.56. The third-order valence-electron chi connectivity index (χ3n) is 2.41. The highest BCUT2D eigenvalue weighted by atomic mass is 35.5. The number of unbranched alkanes of at least 4 members (excludes halogenated alkanes) is 1. The highest BCUT2D eigenvalue weighted by Gasteiger charge is 2.15. The third kappa shape index (κ3) is 5.11. The number of halogens is 1. The molecule has 0 heterocycles. The number of nitrogens with zero attached hydrogens (tertiary/aromatic N) is 1. The molecule has 0 saturated heterocycles. The number of amides is 1. The molecule has 0 fully saturated rings. The number of hydrogen-bond acceptors (Lipinski definition) is 5. The van der Waals surface area contributed by atoms with Crippen LogP contribution in [0.4, 0.5) is 11.4 Å². The van der Waals surface area contributed by atoms with Crippen LogP contribution in [0.5, 0.6) is 0 Å². The fourth-order valence-electron chi connectivity index (χ4n) is 1.42. The summed E-state index contributed by atoms with van der Waals surface area (Å²) in [5.74, 6) is -0.352. The van der Waals surface area contributed by atoms with E-state index in [-0.39, 0.29) is 35.3 Å². The Bertz CT molecular complexity index is 454. The molecule has 1 aromatic carbocycles. The Hall–Kier alpha value is -1.86. The van der Waals surface area contributed by atoms with Crippen molar-refractivity contribution in [1.29, 1.82) is 0 Å². The lowest BCUT2D eigenvalue weighted by Crippen LogP contribution is -2.25. The van der Waals surface area contributed by atoms with Crippen LogP contribution in [0, 0.1) is 10.1 Å². The topological polar surface area (TPSA) is 124 Å². The Labute approximate surface area is 116 Å². The summed E-state index contributed by atoms with van der Waals surface area (Å²) in [4.78, 5) is 21.8. The molecule has 1 aromatic rings. The zero-order valence-corrected chi connectivity index (χ0v) is 11.1. The second kappa shape index (κ2) is 8.28. The summed E-state index contributed by atoms with van der Waals surface area (Å²) in [6, 6.07) is 3.99. The van der Waals surface area contributed by atoms with Crippen LogP contribution in [0.25, 0.3) is 0 Å². The van der Waals surface area contributed by atoms with Crippen molar-refractivity contribution in [2.75, 3.05) is 18.8 Å². The normalized spacial score (nSPS) is 9.53. The van der Waals surface area contributed by atoms with E-state index in [1.807, 2.05) is 0 Å². The van der Waals surface area contributed by atoms with E-state index in [1.165, 1.54) is 18.2 Å². The van der Waals surface area contributed by atoms with Gasteiger partial charge in [0.05, 0.1) is 4.92 Å². The Kier molecular flexibility index (Phi) is 7.47. The number of nitro groups is 1. The van der Waals surface area contributed by atoms with Crippen LogP contribution < -0.4 is 16.8 Å². The molecule has 0 aliphatic carbocycles. The minimum absolute atomic E-state index is 0. The van der Waals surface area contributed by atoms with Crippen molar-refractivity contribution < 1.29 is 9.72 Å². The molecule has 0 spiro atoms. The monoisotopic (exact) mass is 288 g/mol. The molecule has 1 amide bonds. The molecule has 0 atom stereocenters. The lowest BCUT2D eigenvalue weighted by atomic mass is 10.1. The highest BCUT2D eigenvalue weighted by molar-refractivity contribution is 5.95. The van der Waals surface area contributed by atoms with E-state index in [1.54, 1.807) is 0 Å². The smallest absolute Gasteiger partial charge is 0.292 e. The van der Waals surface area contributed by atoms with Crippen LogP contribution >= 0.6 is 12.4 Å². The summed E-state index contributed by atoms with van der Waals surface area (Å²) in [6.07, 6.45) is 1.60. The van der Waals surface area contributed by atoms with Crippen LogP contribution in [0.3, 0.4) is 0 Å². The van der Waals surface area contributed by atoms with Crippen molar-refractivity contribution in [3.05, 3.63) is 33.9 Å². The first-order valence-corrected chi connectivity index (χ1v) is 5.58. The summed E-state index contributed by atoms with van der Waals surface area (Å²) < 4.78 is 0. The number of carbonyl (C=O) groups excluding carboxylic acids is 1. The van der Waals surface area contributed by atoms with Gasteiger partial charge in [-0.25, -0.2) is 0 Å². The summed E-state index contributed by atoms with van der Waals surface area (Å²) in [5, 5.41) is 13.3. The van der Waals surface area contributed by atoms with Gasteiger partial charge in [-0.05, 0) is 31.5 Å². The first kappa shape index (κ1) is 17.1. The van der Waals surface area contributed by atoms with Gasteiger partial charge in [0.1, 0.15) is 5.69 Å². The number of rotatable bonds is 6. The van der Waals surface area contributed by atoms with E-state index < -0.39 is 4.92 Å². The van der Waals surface area contributed by atoms with Crippen molar-refractivity contribution >= 4 is 29.7 Å². The van der Waals surface area contributed by atoms with Gasteiger partial charge in [-0.2, -0.15) is 0 Å². The maximum atomic E-state index is 11.7. The molecule has 8 heteroatoms. The molecule has 19 heavy (non-hydrogen) atoms. The molecule has 0 radical (unpaired) electrons. The number of anilines is 1. The number of nitrogen functional groups attached to an aromatic ring is 1. The SMILES string of the molecule is Cl.NCCCCNC(=O)c1ccc(N)c([N+](=O)[O-])c1. The van der Waals surface area contributed by atoms with Crippen molar-refractivity contribution in [1.82, 2.24) is 5.32 Å². The number of nitrogens with one attached hydrogen (secondary N) is 1. The van der Waals surface area contributed by atoms with Crippen LogP contribution in [-0.2, 0) is 0 Å². The minimum atomic E-state index is -0.611. The molecule has 7 nitrogen and oxygen atoms in total. The standard InChI is InChI=1S/C11H16N4O3.ClH/c12-5-1-2-6-14-11(16)8-3-4-9(13)10(7-8)15(17)18;/h3-4,7H,1-2,5-6,12-13H2,(H,14,16);1H. The van der Waals surface area contributed by atoms with Gasteiger partial charge in [0.25, 0.3) is 11.6 Å². The zero-order chi connectivity index (χ0) is 13.5. The molecule has 5 N–H and O–H groups in total. The van der Waals surface area contributed by atoms with Crippen LogP contribution in [-0.4, -0.2) is 23.9 Å². The van der Waals surface area contributed by atoms with E-state index in [0.29, 0.717) is 13.1 Å². The Morgan fingerprint density at radius 2 is 2.05 bits per heavy atom. The fourth-order valence-corrected chi connectivity index (χ4v) is 1.42. The fraction of sp³-hybridized carbons (Fsp3) is 0.364. The van der Waals surface area contributed by atoms with Gasteiger partial charge in [0.15, 0.2) is 0 Å². The average molecular weight is 289 g/mol. The lowest BCUT2D eigenvalue weighted by Gasteiger charge is -2.05. The van der Waals surface area contributed by atoms with Crippen molar-refractivity contribution in [2.45, 2.75) is 12.8 Å². The van der Waals surface area contributed by atoms with Gasteiger partial charge in [-0.15, -0.1) is 12.4 Å². The minimum Gasteiger partial charge on any atom is -0.393 e. The molecule has 0 aromatic heterocycles. The Balaban J connectivity index is 0.00000324. The first-order valence-electron chi connectivity index (χ1n) is 5.58. The highest BCUT2D eigenvalue weighted by Crippen LogP contribution is 2.22. The van der Waals surface area contributed by atoms with Crippen molar-refractivity contribution in [3.63, 3.8) is 0 Å². The molecule has 0 aliphatic heterocycles. The van der Waals surface area contributed by atoms with Gasteiger partial charge >= 0.3 is 0 Å². The largest absolute Gasteiger partial charge is 0.393 e. The van der Waals surface area contributed by atoms with E-state index in [2.05, 4.69) is 5.32 Å². The second-order valence-corrected chi connectivity index (χ2v) is 3.78. The predicted octanol–water partition coefficient (Wildman–Crippen LogP) is 1.07. The molecule has 0 bridgehead atoms. The van der Waals surface area contributed by atoms with Gasteiger partial charge < -0.3 is 16.8 Å². The number of hydrogen-bond donors (Lipinski definition) is 3. The Morgan fingerprint density at radius 3 is 2.63 bits per heavy atom. The van der Waals surface area contributed by atoms with Gasteiger partial charge in [-0.1, -0.05) is 0 Å². The van der Waals surface area contributed by atoms with Crippen molar-refractivity contribution in [3.8, 4) is 0 Å². The third-order valence-corrected chi connectivity index (χ3v) is 2.41. The van der Waals surface area contributed by atoms with Gasteiger partial charge in [0.2, 0.25) is 0 Å². The summed E-state index contributed by atoms with van der Waals surface area (Å²) in [7, 11) is 0. The lowest BCUT2D eigenvalue weighted by molar-refractivity contribution is -0.383. The summed E-state index contributed by atoms with van der Waals surface area (Å²) in [6.45, 7) is 1.07. The Morgan fingerprint density at radius 1 is 1.37 bits per heavy atom. The van der Waals surface area contributed by atoms with Crippen LogP contribution in [0.2, 0.25) is 0 Å². The quantitative estimate of drug-likeness (QED) is 0.312. The summed E-state index contributed by atoms with van der Waals surface area (Å²) >= 11 is 0. The van der Waals surface area contributed by atoms with Crippen LogP contribution in [0.15, 0.2) is 18.2 Å². The summed E-state index contributed by atoms with van der Waals surface area (Å²) in [5.41, 5.74) is 10.8. The number of benzene rings is 1. The second-order valence-electron chi connectivity index (χ2n) is 3.78. The van der Waals surface area contributed by atoms with E-state index in [0.717, 1.165) is 12.8 Å². The molecule has 1 rings (SSSR count). The predicted molar refractivity (Wildman–Crippen MR) is 75.4 cm³/mol. The molecule has 0 saturated carbocycles. The number of nitrogens with two attached hydrogens (primary N) is 2. The zero-order valence-electron chi connectivity index (χ0n) is 10.3. The molecule has 0 unspecified atom stereocenters.